The molecule has 6 heteroatoms. The number of carbonyl (C=O) groups excluding carboxylic acids is 2. The SMILES string of the molecule is C[C@H](OC(=O)Cc1ccccc1F)C(=O)Nc1ccccc1C#N. The van der Waals surface area contributed by atoms with Gasteiger partial charge in [-0.05, 0) is 30.7 Å². The molecule has 24 heavy (non-hydrogen) atoms. The summed E-state index contributed by atoms with van der Waals surface area (Å²) in [5, 5.41) is 11.5. The molecule has 0 radical (unpaired) electrons. The zero-order chi connectivity index (χ0) is 17.5. The number of para-hydroxylation sites is 1. The molecule has 0 unspecified atom stereocenters. The molecule has 0 spiro atoms. The highest BCUT2D eigenvalue weighted by atomic mass is 19.1. The van der Waals surface area contributed by atoms with E-state index in [1.165, 1.54) is 25.1 Å². The maximum absolute atomic E-state index is 13.5. The second-order valence-electron chi connectivity index (χ2n) is 5.05. The number of ether oxygens (including phenoxy) is 1. The molecule has 0 bridgehead atoms. The van der Waals surface area contributed by atoms with E-state index in [9.17, 15) is 14.0 Å². The van der Waals surface area contributed by atoms with Crippen LogP contribution in [-0.2, 0) is 20.7 Å². The van der Waals surface area contributed by atoms with Gasteiger partial charge in [0.25, 0.3) is 5.91 Å². The number of hydrogen-bond acceptors (Lipinski definition) is 4. The lowest BCUT2D eigenvalue weighted by Gasteiger charge is -2.14. The van der Waals surface area contributed by atoms with Crippen molar-refractivity contribution in [2.75, 3.05) is 5.32 Å². The second kappa shape index (κ2) is 7.88. The van der Waals surface area contributed by atoms with Crippen LogP contribution in [0.15, 0.2) is 48.5 Å². The maximum Gasteiger partial charge on any atom is 0.311 e. The molecule has 0 aliphatic rings. The Morgan fingerprint density at radius 1 is 1.21 bits per heavy atom. The minimum Gasteiger partial charge on any atom is -0.452 e. The van der Waals surface area contributed by atoms with Gasteiger partial charge in [0, 0.05) is 0 Å². The second-order valence-corrected chi connectivity index (χ2v) is 5.05. The highest BCUT2D eigenvalue weighted by molar-refractivity contribution is 5.96. The maximum atomic E-state index is 13.5. The molecule has 122 valence electrons. The van der Waals surface area contributed by atoms with Gasteiger partial charge in [-0.1, -0.05) is 30.3 Å². The summed E-state index contributed by atoms with van der Waals surface area (Å²) in [6, 6.07) is 14.3. The number of rotatable bonds is 5. The zero-order valence-corrected chi connectivity index (χ0v) is 13.0. The van der Waals surface area contributed by atoms with Gasteiger partial charge in [-0.2, -0.15) is 5.26 Å². The van der Waals surface area contributed by atoms with Gasteiger partial charge in [0.15, 0.2) is 6.10 Å². The standard InChI is InChI=1S/C18H15FN2O3/c1-12(18(23)21-16-9-5-3-7-14(16)11-20)24-17(22)10-13-6-2-4-8-15(13)19/h2-9,12H,10H2,1H3,(H,21,23)/t12-/m0/s1. The third-order valence-corrected chi connectivity index (χ3v) is 3.28. The van der Waals surface area contributed by atoms with Crippen LogP contribution in [0.5, 0.6) is 0 Å². The molecule has 0 saturated heterocycles. The Morgan fingerprint density at radius 2 is 1.88 bits per heavy atom. The molecule has 1 atom stereocenters. The molecule has 0 saturated carbocycles. The predicted molar refractivity (Wildman–Crippen MR) is 85.4 cm³/mol. The molecule has 0 aliphatic heterocycles. The fourth-order valence-electron chi connectivity index (χ4n) is 2.01. The number of anilines is 1. The van der Waals surface area contributed by atoms with Crippen molar-refractivity contribution in [1.82, 2.24) is 0 Å². The first kappa shape index (κ1) is 17.2. The van der Waals surface area contributed by atoms with Crippen molar-refractivity contribution in [2.45, 2.75) is 19.4 Å². The number of esters is 1. The highest BCUT2D eigenvalue weighted by Crippen LogP contribution is 2.14. The average molecular weight is 326 g/mol. The summed E-state index contributed by atoms with van der Waals surface area (Å²) in [6.07, 6.45) is -1.34. The van der Waals surface area contributed by atoms with E-state index in [-0.39, 0.29) is 12.0 Å². The number of hydrogen-bond donors (Lipinski definition) is 1. The predicted octanol–water partition coefficient (Wildman–Crippen LogP) is 2.81. The van der Waals surface area contributed by atoms with Crippen molar-refractivity contribution in [1.29, 1.82) is 5.26 Å². The molecule has 0 heterocycles. The Hall–Kier alpha value is -3.20. The van der Waals surface area contributed by atoms with E-state index >= 15 is 0 Å². The molecule has 2 rings (SSSR count). The summed E-state index contributed by atoms with van der Waals surface area (Å²) in [7, 11) is 0. The van der Waals surface area contributed by atoms with Crippen LogP contribution in [0.25, 0.3) is 0 Å². The quantitative estimate of drug-likeness (QED) is 0.857. The van der Waals surface area contributed by atoms with Crippen LogP contribution in [0.1, 0.15) is 18.1 Å². The Morgan fingerprint density at radius 3 is 2.58 bits per heavy atom. The fourth-order valence-corrected chi connectivity index (χ4v) is 2.01. The Kier molecular flexibility index (Phi) is 5.63. The van der Waals surface area contributed by atoms with Crippen LogP contribution in [-0.4, -0.2) is 18.0 Å². The molecule has 1 amide bonds. The molecule has 0 aliphatic carbocycles. The van der Waals surface area contributed by atoms with E-state index in [1.54, 1.807) is 30.3 Å². The number of benzene rings is 2. The van der Waals surface area contributed by atoms with Crippen LogP contribution in [0.3, 0.4) is 0 Å². The number of amides is 1. The largest absolute Gasteiger partial charge is 0.452 e. The highest BCUT2D eigenvalue weighted by Gasteiger charge is 2.19. The van der Waals surface area contributed by atoms with Gasteiger partial charge in [0.2, 0.25) is 0 Å². The summed E-state index contributed by atoms with van der Waals surface area (Å²) in [6.45, 7) is 1.41. The fraction of sp³-hybridized carbons (Fsp3) is 0.167. The molecule has 1 N–H and O–H groups in total. The van der Waals surface area contributed by atoms with Gasteiger partial charge >= 0.3 is 5.97 Å². The first-order chi connectivity index (χ1) is 11.5. The lowest BCUT2D eigenvalue weighted by atomic mass is 10.1. The van der Waals surface area contributed by atoms with Crippen molar-refractivity contribution in [3.05, 3.63) is 65.5 Å². The Labute approximate surface area is 138 Å². The van der Waals surface area contributed by atoms with Crippen LogP contribution in [0, 0.1) is 17.1 Å². The zero-order valence-electron chi connectivity index (χ0n) is 13.0. The molecule has 2 aromatic carbocycles. The summed E-state index contributed by atoms with van der Waals surface area (Å²) in [4.78, 5) is 23.9. The first-order valence-electron chi connectivity index (χ1n) is 7.24. The number of nitrogens with zero attached hydrogens (tertiary/aromatic N) is 1. The van der Waals surface area contributed by atoms with Crippen LogP contribution in [0.4, 0.5) is 10.1 Å². The monoisotopic (exact) mass is 326 g/mol. The van der Waals surface area contributed by atoms with E-state index < -0.39 is 23.8 Å². The van der Waals surface area contributed by atoms with Crippen LogP contribution < -0.4 is 5.32 Å². The number of nitrogens with one attached hydrogen (secondary N) is 1. The summed E-state index contributed by atoms with van der Waals surface area (Å²) >= 11 is 0. The normalized spacial score (nSPS) is 11.2. The summed E-state index contributed by atoms with van der Waals surface area (Å²) in [5.41, 5.74) is 0.836. The molecular formula is C18H15FN2O3. The van der Waals surface area contributed by atoms with Crippen molar-refractivity contribution in [3.63, 3.8) is 0 Å². The average Bonchev–Trinajstić information content (AvgIpc) is 2.57. The van der Waals surface area contributed by atoms with E-state index in [0.29, 0.717) is 11.3 Å². The van der Waals surface area contributed by atoms with E-state index in [1.807, 2.05) is 6.07 Å². The van der Waals surface area contributed by atoms with Crippen molar-refractivity contribution in [3.8, 4) is 6.07 Å². The third-order valence-electron chi connectivity index (χ3n) is 3.28. The summed E-state index contributed by atoms with van der Waals surface area (Å²) in [5.74, 6) is -1.79. The molecule has 0 aromatic heterocycles. The smallest absolute Gasteiger partial charge is 0.311 e. The van der Waals surface area contributed by atoms with Crippen molar-refractivity contribution < 1.29 is 18.7 Å². The summed E-state index contributed by atoms with van der Waals surface area (Å²) < 4.78 is 18.5. The Balaban J connectivity index is 1.95. The van der Waals surface area contributed by atoms with E-state index in [2.05, 4.69) is 5.32 Å². The van der Waals surface area contributed by atoms with E-state index in [0.717, 1.165) is 0 Å². The minimum absolute atomic E-state index is 0.199. The molecule has 2 aromatic rings. The van der Waals surface area contributed by atoms with Crippen LogP contribution in [0.2, 0.25) is 0 Å². The third kappa shape index (κ3) is 4.40. The molecular weight excluding hydrogens is 311 g/mol. The van der Waals surface area contributed by atoms with Gasteiger partial charge in [-0.15, -0.1) is 0 Å². The van der Waals surface area contributed by atoms with Gasteiger partial charge < -0.3 is 10.1 Å². The lowest BCUT2D eigenvalue weighted by Crippen LogP contribution is -2.30. The van der Waals surface area contributed by atoms with Crippen LogP contribution >= 0.6 is 0 Å². The minimum atomic E-state index is -1.07. The molecule has 0 fully saturated rings. The number of carbonyl (C=O) groups is 2. The van der Waals surface area contributed by atoms with Crippen molar-refractivity contribution >= 4 is 17.6 Å². The van der Waals surface area contributed by atoms with Gasteiger partial charge in [0.05, 0.1) is 17.7 Å². The Bertz CT molecular complexity index is 799. The van der Waals surface area contributed by atoms with Gasteiger partial charge in [-0.3, -0.25) is 9.59 Å². The lowest BCUT2D eigenvalue weighted by molar-refractivity contribution is -0.152. The topological polar surface area (TPSA) is 79.2 Å². The first-order valence-corrected chi connectivity index (χ1v) is 7.24. The number of halogens is 1. The van der Waals surface area contributed by atoms with Gasteiger partial charge in [0.1, 0.15) is 11.9 Å². The van der Waals surface area contributed by atoms with Crippen molar-refractivity contribution in [2.24, 2.45) is 0 Å². The van der Waals surface area contributed by atoms with E-state index in [4.69, 9.17) is 10.00 Å². The van der Waals surface area contributed by atoms with Gasteiger partial charge in [-0.25, -0.2) is 4.39 Å². The number of nitriles is 1. The molecule has 5 nitrogen and oxygen atoms in total.